The van der Waals surface area contributed by atoms with E-state index >= 15 is 0 Å². The van der Waals surface area contributed by atoms with Crippen molar-refractivity contribution >= 4 is 54.9 Å². The van der Waals surface area contributed by atoms with E-state index in [0.29, 0.717) is 5.69 Å². The van der Waals surface area contributed by atoms with Gasteiger partial charge in [-0.3, -0.25) is 9.35 Å². The first-order chi connectivity index (χ1) is 16.3. The van der Waals surface area contributed by atoms with Crippen LogP contribution >= 0.6 is 0 Å². The van der Waals surface area contributed by atoms with Gasteiger partial charge in [0.15, 0.2) is 0 Å². The third-order valence-electron chi connectivity index (χ3n) is 5.13. The van der Waals surface area contributed by atoms with E-state index in [0.717, 1.165) is 38.7 Å². The zero-order valence-electron chi connectivity index (χ0n) is 19.6. The second-order valence-corrected chi connectivity index (χ2v) is 9.51. The number of nitrogens with one attached hydrogen (secondary N) is 2. The SMILES string of the molecule is CC(=O)Nc1cc(COCCCS(=O)(=O)O)cc(Nc2c3ccccc3nc3ccccc23)c1.[Na+]. The maximum Gasteiger partial charge on any atom is 1.00 e. The number of carbonyl (C=O) groups is 1. The van der Waals surface area contributed by atoms with E-state index in [1.54, 1.807) is 6.07 Å². The van der Waals surface area contributed by atoms with E-state index in [-0.39, 0.29) is 60.9 Å². The summed E-state index contributed by atoms with van der Waals surface area (Å²) in [6, 6.07) is 21.3. The molecule has 0 saturated carbocycles. The van der Waals surface area contributed by atoms with E-state index in [4.69, 9.17) is 14.3 Å². The van der Waals surface area contributed by atoms with E-state index in [2.05, 4.69) is 10.6 Å². The van der Waals surface area contributed by atoms with Gasteiger partial charge in [-0.15, -0.1) is 0 Å². The minimum absolute atomic E-state index is 0. The van der Waals surface area contributed by atoms with Gasteiger partial charge in [0.25, 0.3) is 10.1 Å². The average Bonchev–Trinajstić information content (AvgIpc) is 2.77. The Kier molecular flexibility index (Phi) is 9.23. The minimum Gasteiger partial charge on any atom is -0.377 e. The van der Waals surface area contributed by atoms with E-state index in [1.165, 1.54) is 6.92 Å². The Morgan fingerprint density at radius 2 is 1.57 bits per heavy atom. The quantitative estimate of drug-likeness (QED) is 0.138. The van der Waals surface area contributed by atoms with Crippen LogP contribution in [0.15, 0.2) is 66.7 Å². The molecule has 0 spiro atoms. The zero-order chi connectivity index (χ0) is 24.1. The third kappa shape index (κ3) is 7.47. The molecule has 0 aliphatic heterocycles. The second kappa shape index (κ2) is 11.9. The molecule has 0 bridgehead atoms. The molecule has 10 heteroatoms. The van der Waals surface area contributed by atoms with Gasteiger partial charge in [-0.25, -0.2) is 4.98 Å². The average molecular weight is 503 g/mol. The van der Waals surface area contributed by atoms with Gasteiger partial charge >= 0.3 is 29.6 Å². The summed E-state index contributed by atoms with van der Waals surface area (Å²) in [5, 5.41) is 8.25. The largest absolute Gasteiger partial charge is 1.00 e. The van der Waals surface area contributed by atoms with Gasteiger partial charge < -0.3 is 15.4 Å². The summed E-state index contributed by atoms with van der Waals surface area (Å²) < 4.78 is 36.2. The number of hydrogen-bond acceptors (Lipinski definition) is 6. The predicted octanol–water partition coefficient (Wildman–Crippen LogP) is 1.89. The third-order valence-corrected chi connectivity index (χ3v) is 5.93. The Morgan fingerprint density at radius 3 is 2.17 bits per heavy atom. The molecule has 3 N–H and O–H groups in total. The summed E-state index contributed by atoms with van der Waals surface area (Å²) in [4.78, 5) is 16.4. The number of ether oxygens (including phenoxy) is 1. The van der Waals surface area contributed by atoms with Crippen LogP contribution in [0, 0.1) is 0 Å². The van der Waals surface area contributed by atoms with Crippen molar-refractivity contribution in [2.24, 2.45) is 0 Å². The topological polar surface area (TPSA) is 118 Å². The van der Waals surface area contributed by atoms with Crippen LogP contribution in [0.5, 0.6) is 0 Å². The van der Waals surface area contributed by atoms with Gasteiger partial charge in [-0.1, -0.05) is 36.4 Å². The fourth-order valence-corrected chi connectivity index (χ4v) is 4.26. The number of benzene rings is 3. The molecular weight excluding hydrogens is 477 g/mol. The van der Waals surface area contributed by atoms with Crippen molar-refractivity contribution in [3.05, 3.63) is 72.3 Å². The van der Waals surface area contributed by atoms with Crippen LogP contribution < -0.4 is 40.2 Å². The van der Waals surface area contributed by atoms with Crippen LogP contribution in [0.3, 0.4) is 0 Å². The molecule has 0 radical (unpaired) electrons. The molecule has 0 saturated heterocycles. The van der Waals surface area contributed by atoms with Crippen LogP contribution in [-0.4, -0.2) is 36.2 Å². The molecule has 1 aromatic heterocycles. The van der Waals surface area contributed by atoms with Crippen molar-refractivity contribution in [3.8, 4) is 0 Å². The molecule has 0 unspecified atom stereocenters. The second-order valence-electron chi connectivity index (χ2n) is 7.94. The fraction of sp³-hybridized carbons (Fsp3) is 0.200. The molecule has 1 heterocycles. The van der Waals surface area contributed by atoms with Crippen molar-refractivity contribution in [1.29, 1.82) is 0 Å². The van der Waals surface area contributed by atoms with E-state index in [1.807, 2.05) is 60.7 Å². The molecule has 8 nitrogen and oxygen atoms in total. The number of fused-ring (bicyclic) bond motifs is 2. The summed E-state index contributed by atoms with van der Waals surface area (Å²) in [5.41, 5.74) is 4.79. The summed E-state index contributed by atoms with van der Waals surface area (Å²) in [5.74, 6) is -0.550. The van der Waals surface area contributed by atoms with Gasteiger partial charge in [0, 0.05) is 35.7 Å². The Hall–Kier alpha value is -2.53. The summed E-state index contributed by atoms with van der Waals surface area (Å²) >= 11 is 0. The van der Waals surface area contributed by atoms with E-state index < -0.39 is 10.1 Å². The molecular formula is C25H25N3NaO5S+. The van der Waals surface area contributed by atoms with Gasteiger partial charge in [-0.05, 0) is 42.3 Å². The summed E-state index contributed by atoms with van der Waals surface area (Å²) in [7, 11) is -4.01. The summed E-state index contributed by atoms with van der Waals surface area (Å²) in [6.07, 6.45) is 0.185. The van der Waals surface area contributed by atoms with Crippen molar-refractivity contribution in [1.82, 2.24) is 4.98 Å². The number of aromatic nitrogens is 1. The van der Waals surface area contributed by atoms with Crippen molar-refractivity contribution in [3.63, 3.8) is 0 Å². The van der Waals surface area contributed by atoms with Gasteiger partial charge in [-0.2, -0.15) is 8.42 Å². The fourth-order valence-electron chi connectivity index (χ4n) is 3.78. The molecule has 1 amide bonds. The summed E-state index contributed by atoms with van der Waals surface area (Å²) in [6.45, 7) is 1.83. The zero-order valence-corrected chi connectivity index (χ0v) is 22.4. The Balaban J connectivity index is 0.00000342. The Morgan fingerprint density at radius 1 is 0.971 bits per heavy atom. The molecule has 4 rings (SSSR count). The molecule has 0 atom stereocenters. The first-order valence-corrected chi connectivity index (χ1v) is 12.4. The molecule has 0 aliphatic rings. The normalized spacial score (nSPS) is 11.3. The van der Waals surface area contributed by atoms with Gasteiger partial charge in [0.1, 0.15) is 0 Å². The van der Waals surface area contributed by atoms with Crippen LogP contribution in [-0.2, 0) is 26.3 Å². The molecule has 4 aromatic rings. The molecule has 35 heavy (non-hydrogen) atoms. The standard InChI is InChI=1S/C25H25N3O5S.Na/c1-17(29)26-19-13-18(16-33-11-6-12-34(30,31)32)14-20(15-19)27-25-21-7-2-4-9-23(21)28-24-10-5-3-8-22(24)25;/h2-5,7-10,13-15H,6,11-12,16H2,1H3,(H,26,29)(H,27,28)(H,30,31,32);/q;+1. The first kappa shape index (κ1) is 27.1. The molecule has 176 valence electrons. The van der Waals surface area contributed by atoms with E-state index in [9.17, 15) is 13.2 Å². The maximum atomic E-state index is 11.7. The van der Waals surface area contributed by atoms with Crippen LogP contribution in [0.4, 0.5) is 17.1 Å². The predicted molar refractivity (Wildman–Crippen MR) is 134 cm³/mol. The number of anilines is 3. The van der Waals surface area contributed by atoms with Gasteiger partial charge in [0.2, 0.25) is 5.91 Å². The Bertz CT molecular complexity index is 1410. The Labute approximate surface area is 226 Å². The number of pyridine rings is 1. The van der Waals surface area contributed by atoms with Gasteiger partial charge in [0.05, 0.1) is 29.1 Å². The maximum absolute atomic E-state index is 11.7. The molecule has 0 aliphatic carbocycles. The van der Waals surface area contributed by atoms with Crippen LogP contribution in [0.1, 0.15) is 18.9 Å². The smallest absolute Gasteiger partial charge is 0.377 e. The van der Waals surface area contributed by atoms with Crippen molar-refractivity contribution < 1.29 is 52.1 Å². The molecule has 3 aromatic carbocycles. The van der Waals surface area contributed by atoms with Crippen molar-refractivity contribution in [2.45, 2.75) is 20.0 Å². The number of rotatable bonds is 9. The van der Waals surface area contributed by atoms with Crippen molar-refractivity contribution in [2.75, 3.05) is 23.0 Å². The first-order valence-electron chi connectivity index (χ1n) is 10.8. The number of hydrogen-bond donors (Lipinski definition) is 3. The minimum atomic E-state index is -4.01. The monoisotopic (exact) mass is 502 g/mol. The molecule has 0 fully saturated rings. The number of amides is 1. The van der Waals surface area contributed by atoms with Crippen LogP contribution in [0.2, 0.25) is 0 Å². The number of para-hydroxylation sites is 2. The van der Waals surface area contributed by atoms with Crippen LogP contribution in [0.25, 0.3) is 21.8 Å². The number of nitrogens with zero attached hydrogens (tertiary/aromatic N) is 1. The number of carbonyl (C=O) groups excluding carboxylic acids is 1.